The Bertz CT molecular complexity index is 582. The first-order valence-corrected chi connectivity index (χ1v) is 6.20. The Morgan fingerprint density at radius 3 is 2.83 bits per heavy atom. The Labute approximate surface area is 111 Å². The lowest BCUT2D eigenvalue weighted by Gasteiger charge is -2.05. The number of rotatable bonds is 4. The van der Waals surface area contributed by atoms with Gasteiger partial charge in [-0.25, -0.2) is 9.18 Å². The molecule has 0 fully saturated rings. The van der Waals surface area contributed by atoms with Crippen LogP contribution in [0.3, 0.4) is 0 Å². The Morgan fingerprint density at radius 2 is 2.22 bits per heavy atom. The van der Waals surface area contributed by atoms with Crippen molar-refractivity contribution in [2.45, 2.75) is 6.61 Å². The number of aromatic carboxylic acids is 1. The van der Waals surface area contributed by atoms with Gasteiger partial charge in [-0.15, -0.1) is 11.3 Å². The Hall–Kier alpha value is -1.59. The van der Waals surface area contributed by atoms with Crippen LogP contribution in [0.15, 0.2) is 29.6 Å². The summed E-state index contributed by atoms with van der Waals surface area (Å²) in [7, 11) is 0. The van der Waals surface area contributed by atoms with E-state index < -0.39 is 11.8 Å². The van der Waals surface area contributed by atoms with Gasteiger partial charge in [-0.2, -0.15) is 0 Å². The van der Waals surface area contributed by atoms with Gasteiger partial charge in [0.25, 0.3) is 0 Å². The highest BCUT2D eigenvalue weighted by Gasteiger charge is 2.07. The van der Waals surface area contributed by atoms with Crippen LogP contribution in [0.2, 0.25) is 5.02 Å². The van der Waals surface area contributed by atoms with Crippen molar-refractivity contribution < 1.29 is 19.0 Å². The smallest absolute Gasteiger partial charge is 0.345 e. The number of halogens is 2. The van der Waals surface area contributed by atoms with Crippen molar-refractivity contribution in [1.82, 2.24) is 0 Å². The molecule has 2 aromatic rings. The number of carboxylic acids is 1. The van der Waals surface area contributed by atoms with Gasteiger partial charge in [0.05, 0.1) is 5.02 Å². The van der Waals surface area contributed by atoms with Gasteiger partial charge in [0, 0.05) is 11.6 Å². The van der Waals surface area contributed by atoms with E-state index in [4.69, 9.17) is 21.4 Å². The Morgan fingerprint density at radius 1 is 1.44 bits per heavy atom. The number of carbonyl (C=O) groups is 1. The highest BCUT2D eigenvalue weighted by Crippen LogP contribution is 2.23. The Kier molecular flexibility index (Phi) is 3.84. The van der Waals surface area contributed by atoms with Crippen LogP contribution in [-0.4, -0.2) is 11.1 Å². The molecule has 0 unspecified atom stereocenters. The lowest BCUT2D eigenvalue weighted by molar-refractivity contribution is 0.0702. The number of carboxylic acid groups (broad SMARTS) is 1. The zero-order chi connectivity index (χ0) is 13.1. The molecule has 1 aromatic heterocycles. The molecule has 0 aliphatic rings. The molecular weight excluding hydrogens is 279 g/mol. The summed E-state index contributed by atoms with van der Waals surface area (Å²) in [6.45, 7) is 0.214. The summed E-state index contributed by atoms with van der Waals surface area (Å²) in [5, 5.41) is 10.5. The largest absolute Gasteiger partial charge is 0.489 e. The fourth-order valence-electron chi connectivity index (χ4n) is 1.30. The van der Waals surface area contributed by atoms with Gasteiger partial charge in [0.1, 0.15) is 23.1 Å². The lowest BCUT2D eigenvalue weighted by atomic mass is 10.3. The first-order chi connectivity index (χ1) is 8.56. The van der Waals surface area contributed by atoms with Gasteiger partial charge in [0.15, 0.2) is 0 Å². The molecular formula is C12H8ClFO3S. The molecule has 0 atom stereocenters. The van der Waals surface area contributed by atoms with Crippen molar-refractivity contribution in [2.75, 3.05) is 0 Å². The number of thiophene rings is 1. The maximum absolute atomic E-state index is 12.9. The molecule has 18 heavy (non-hydrogen) atoms. The molecule has 6 heteroatoms. The minimum atomic E-state index is -0.962. The Balaban J connectivity index is 2.02. The number of hydrogen-bond acceptors (Lipinski definition) is 3. The molecule has 0 spiro atoms. The lowest BCUT2D eigenvalue weighted by Crippen LogP contribution is -1.95. The van der Waals surface area contributed by atoms with Crippen LogP contribution in [0, 0.1) is 5.82 Å². The number of benzene rings is 1. The molecule has 2 rings (SSSR count). The van der Waals surface area contributed by atoms with Crippen LogP contribution < -0.4 is 4.74 Å². The zero-order valence-corrected chi connectivity index (χ0v) is 10.6. The van der Waals surface area contributed by atoms with Gasteiger partial charge < -0.3 is 9.84 Å². The second-order valence-corrected chi connectivity index (χ2v) is 4.81. The molecule has 0 bridgehead atoms. The van der Waals surface area contributed by atoms with E-state index in [0.29, 0.717) is 5.75 Å². The standard InChI is InChI=1S/C12H8ClFO3S/c13-9-4-8(1-2-10(9)14)17-5-7-3-11(12(15)16)18-6-7/h1-4,6H,5H2,(H,15,16). The van der Waals surface area contributed by atoms with E-state index >= 15 is 0 Å². The summed E-state index contributed by atoms with van der Waals surface area (Å²) in [6, 6.07) is 5.60. The molecule has 1 aromatic carbocycles. The van der Waals surface area contributed by atoms with Gasteiger partial charge in [-0.1, -0.05) is 11.6 Å². The molecule has 0 aliphatic carbocycles. The third-order valence-corrected chi connectivity index (χ3v) is 3.42. The summed E-state index contributed by atoms with van der Waals surface area (Å²) in [6.07, 6.45) is 0. The normalized spacial score (nSPS) is 10.3. The third kappa shape index (κ3) is 3.00. The fraction of sp³-hybridized carbons (Fsp3) is 0.0833. The second kappa shape index (κ2) is 5.37. The minimum absolute atomic E-state index is 0.0101. The molecule has 3 nitrogen and oxygen atoms in total. The van der Waals surface area contributed by atoms with Gasteiger partial charge in [-0.3, -0.25) is 0 Å². The summed E-state index contributed by atoms with van der Waals surface area (Å²) in [5.41, 5.74) is 0.748. The van der Waals surface area contributed by atoms with E-state index in [1.165, 1.54) is 24.3 Å². The molecule has 1 N–H and O–H groups in total. The van der Waals surface area contributed by atoms with Crippen LogP contribution in [0.4, 0.5) is 4.39 Å². The first-order valence-electron chi connectivity index (χ1n) is 4.95. The highest BCUT2D eigenvalue weighted by molar-refractivity contribution is 7.12. The zero-order valence-electron chi connectivity index (χ0n) is 9.02. The van der Waals surface area contributed by atoms with Crippen molar-refractivity contribution in [3.63, 3.8) is 0 Å². The van der Waals surface area contributed by atoms with Crippen LogP contribution in [0.1, 0.15) is 15.2 Å². The molecule has 0 saturated carbocycles. The second-order valence-electron chi connectivity index (χ2n) is 3.49. The summed E-state index contributed by atoms with van der Waals surface area (Å²) in [4.78, 5) is 10.9. The predicted octanol–water partition coefficient (Wildman–Crippen LogP) is 3.82. The van der Waals surface area contributed by atoms with Gasteiger partial charge in [-0.05, 0) is 23.6 Å². The van der Waals surface area contributed by atoms with E-state index in [1.54, 1.807) is 5.38 Å². The van der Waals surface area contributed by atoms with E-state index in [9.17, 15) is 9.18 Å². The van der Waals surface area contributed by atoms with E-state index in [0.717, 1.165) is 16.9 Å². The molecule has 0 amide bonds. The van der Waals surface area contributed by atoms with E-state index in [1.807, 2.05) is 0 Å². The molecule has 0 radical (unpaired) electrons. The maximum Gasteiger partial charge on any atom is 0.345 e. The van der Waals surface area contributed by atoms with Crippen molar-refractivity contribution in [3.8, 4) is 5.75 Å². The van der Waals surface area contributed by atoms with E-state index in [2.05, 4.69) is 0 Å². The van der Waals surface area contributed by atoms with Gasteiger partial charge in [0.2, 0.25) is 0 Å². The fourth-order valence-corrected chi connectivity index (χ4v) is 2.20. The van der Waals surface area contributed by atoms with Crippen LogP contribution in [0.5, 0.6) is 5.75 Å². The number of hydrogen-bond donors (Lipinski definition) is 1. The first kappa shape index (κ1) is 12.9. The molecule has 1 heterocycles. The summed E-state index contributed by atoms with van der Waals surface area (Å²) in [5.74, 6) is -1.03. The average Bonchev–Trinajstić information content (AvgIpc) is 2.79. The number of ether oxygens (including phenoxy) is 1. The highest BCUT2D eigenvalue weighted by atomic mass is 35.5. The molecule has 94 valence electrons. The summed E-state index contributed by atoms with van der Waals surface area (Å²) < 4.78 is 18.3. The minimum Gasteiger partial charge on any atom is -0.489 e. The van der Waals surface area contributed by atoms with Crippen molar-refractivity contribution in [2.24, 2.45) is 0 Å². The van der Waals surface area contributed by atoms with Crippen LogP contribution >= 0.6 is 22.9 Å². The molecule has 0 aliphatic heterocycles. The third-order valence-electron chi connectivity index (χ3n) is 2.16. The average molecular weight is 287 g/mol. The van der Waals surface area contributed by atoms with Crippen molar-refractivity contribution >= 4 is 28.9 Å². The van der Waals surface area contributed by atoms with E-state index in [-0.39, 0.29) is 16.5 Å². The summed E-state index contributed by atoms with van der Waals surface area (Å²) >= 11 is 6.74. The van der Waals surface area contributed by atoms with Crippen LogP contribution in [-0.2, 0) is 6.61 Å². The van der Waals surface area contributed by atoms with Crippen LogP contribution in [0.25, 0.3) is 0 Å². The predicted molar refractivity (Wildman–Crippen MR) is 67.0 cm³/mol. The van der Waals surface area contributed by atoms with Crippen molar-refractivity contribution in [3.05, 3.63) is 50.9 Å². The van der Waals surface area contributed by atoms with Gasteiger partial charge >= 0.3 is 5.97 Å². The molecule has 0 saturated heterocycles. The topological polar surface area (TPSA) is 46.5 Å². The van der Waals surface area contributed by atoms with Crippen molar-refractivity contribution in [1.29, 1.82) is 0 Å². The monoisotopic (exact) mass is 286 g/mol. The quantitative estimate of drug-likeness (QED) is 0.929. The maximum atomic E-state index is 12.9. The SMILES string of the molecule is O=C(O)c1cc(COc2ccc(F)c(Cl)c2)cs1.